The van der Waals surface area contributed by atoms with Crippen LogP contribution in [0.25, 0.3) is 0 Å². The van der Waals surface area contributed by atoms with Crippen LogP contribution in [0.15, 0.2) is 46.3 Å². The topological polar surface area (TPSA) is 55.1 Å². The summed E-state index contributed by atoms with van der Waals surface area (Å²) in [6.07, 6.45) is 0.843. The highest BCUT2D eigenvalue weighted by atomic mass is 79.9. The van der Waals surface area contributed by atoms with Crippen molar-refractivity contribution in [2.75, 3.05) is 6.54 Å². The second-order valence-corrected chi connectivity index (χ2v) is 7.52. The summed E-state index contributed by atoms with van der Waals surface area (Å²) in [5, 5.41) is 2.96. The van der Waals surface area contributed by atoms with Gasteiger partial charge < -0.3 is 11.1 Å². The number of hydrogen-bond acceptors (Lipinski definition) is 3. The Morgan fingerprint density at radius 1 is 1.27 bits per heavy atom. The first-order valence-electron chi connectivity index (χ1n) is 6.90. The molecule has 0 bridgehead atoms. The second-order valence-electron chi connectivity index (χ2n) is 4.97. The van der Waals surface area contributed by atoms with Crippen LogP contribution in [0.4, 0.5) is 0 Å². The summed E-state index contributed by atoms with van der Waals surface area (Å²) in [6.45, 7) is 2.51. The molecule has 1 amide bonds. The van der Waals surface area contributed by atoms with Gasteiger partial charge in [-0.1, -0.05) is 37.3 Å². The van der Waals surface area contributed by atoms with E-state index in [9.17, 15) is 4.79 Å². The molecule has 3 nitrogen and oxygen atoms in total. The van der Waals surface area contributed by atoms with Crippen LogP contribution in [0.1, 0.15) is 23.4 Å². The molecule has 2 aromatic rings. The van der Waals surface area contributed by atoms with Crippen LogP contribution in [0.2, 0.25) is 0 Å². The number of rotatable bonds is 6. The Morgan fingerprint density at radius 2 is 1.95 bits per heavy atom. The highest BCUT2D eigenvalue weighted by Gasteiger charge is 2.21. The predicted octanol–water partition coefficient (Wildman–Crippen LogP) is 3.93. The van der Waals surface area contributed by atoms with Gasteiger partial charge in [-0.25, -0.2) is 0 Å². The third kappa shape index (κ3) is 5.39. The molecule has 0 spiro atoms. The summed E-state index contributed by atoms with van der Waals surface area (Å²) in [5.41, 5.74) is 7.15. The standard InChI is InChI=1S/C16H19BrN2OS.ClH/c1-11(15(18)12-5-3-2-4-6-12)16(20)19-10-9-13-7-8-14(17)21-13;/h2-8,11,15H,9-10,18H2,1H3,(H,19,20);1H. The van der Waals surface area contributed by atoms with E-state index in [1.54, 1.807) is 11.3 Å². The normalized spacial score (nSPS) is 13.0. The van der Waals surface area contributed by atoms with Crippen LogP contribution in [0.5, 0.6) is 0 Å². The Kier molecular flexibility index (Phi) is 8.10. The van der Waals surface area contributed by atoms with Gasteiger partial charge in [-0.2, -0.15) is 0 Å². The van der Waals surface area contributed by atoms with Crippen LogP contribution in [0.3, 0.4) is 0 Å². The number of thiophene rings is 1. The van der Waals surface area contributed by atoms with E-state index >= 15 is 0 Å². The van der Waals surface area contributed by atoms with Gasteiger partial charge in [0.2, 0.25) is 5.91 Å². The smallest absolute Gasteiger partial charge is 0.224 e. The van der Waals surface area contributed by atoms with Crippen LogP contribution in [-0.2, 0) is 11.2 Å². The summed E-state index contributed by atoms with van der Waals surface area (Å²) in [5.74, 6) is -0.246. The van der Waals surface area contributed by atoms with Crippen molar-refractivity contribution in [3.8, 4) is 0 Å². The number of carbonyl (C=O) groups excluding carboxylic acids is 1. The fourth-order valence-electron chi connectivity index (χ4n) is 2.08. The van der Waals surface area contributed by atoms with E-state index < -0.39 is 0 Å². The predicted molar refractivity (Wildman–Crippen MR) is 98.5 cm³/mol. The average molecular weight is 404 g/mol. The minimum atomic E-state index is -0.276. The average Bonchev–Trinajstić information content (AvgIpc) is 2.92. The third-order valence-corrected chi connectivity index (χ3v) is 5.12. The van der Waals surface area contributed by atoms with Crippen molar-refractivity contribution in [3.63, 3.8) is 0 Å². The van der Waals surface area contributed by atoms with Crippen LogP contribution in [0, 0.1) is 5.92 Å². The fraction of sp³-hybridized carbons (Fsp3) is 0.312. The van der Waals surface area contributed by atoms with Crippen molar-refractivity contribution < 1.29 is 4.79 Å². The van der Waals surface area contributed by atoms with Gasteiger partial charge in [-0.15, -0.1) is 23.7 Å². The Hall–Kier alpha value is -0.880. The van der Waals surface area contributed by atoms with Crippen molar-refractivity contribution in [1.82, 2.24) is 5.32 Å². The van der Waals surface area contributed by atoms with Gasteiger partial charge in [0.15, 0.2) is 0 Å². The van der Waals surface area contributed by atoms with E-state index in [1.165, 1.54) is 4.88 Å². The Bertz CT molecular complexity index is 591. The zero-order valence-corrected chi connectivity index (χ0v) is 15.5. The van der Waals surface area contributed by atoms with Gasteiger partial charge in [0.25, 0.3) is 0 Å². The zero-order chi connectivity index (χ0) is 15.2. The van der Waals surface area contributed by atoms with E-state index in [0.29, 0.717) is 6.54 Å². The molecule has 0 saturated heterocycles. The number of nitrogens with one attached hydrogen (secondary N) is 1. The highest BCUT2D eigenvalue weighted by Crippen LogP contribution is 2.22. The highest BCUT2D eigenvalue weighted by molar-refractivity contribution is 9.11. The van der Waals surface area contributed by atoms with Crippen molar-refractivity contribution in [2.24, 2.45) is 11.7 Å². The van der Waals surface area contributed by atoms with Crippen molar-refractivity contribution in [2.45, 2.75) is 19.4 Å². The Labute approximate surface area is 149 Å². The number of hydrogen-bond donors (Lipinski definition) is 2. The van der Waals surface area contributed by atoms with Gasteiger partial charge in [0.1, 0.15) is 0 Å². The van der Waals surface area contributed by atoms with Crippen molar-refractivity contribution in [3.05, 3.63) is 56.7 Å². The molecule has 0 fully saturated rings. The van der Waals surface area contributed by atoms with E-state index in [2.05, 4.69) is 27.3 Å². The number of benzene rings is 1. The maximum atomic E-state index is 12.2. The molecule has 2 unspecified atom stereocenters. The maximum absolute atomic E-state index is 12.2. The zero-order valence-electron chi connectivity index (χ0n) is 12.3. The fourth-order valence-corrected chi connectivity index (χ4v) is 3.57. The molecular weight excluding hydrogens is 384 g/mol. The molecule has 0 aliphatic carbocycles. The lowest BCUT2D eigenvalue weighted by Crippen LogP contribution is -2.36. The summed E-state index contributed by atoms with van der Waals surface area (Å²) in [6, 6.07) is 13.6. The molecule has 3 N–H and O–H groups in total. The first-order valence-corrected chi connectivity index (χ1v) is 8.51. The Morgan fingerprint density at radius 3 is 2.55 bits per heavy atom. The van der Waals surface area contributed by atoms with E-state index in [4.69, 9.17) is 5.73 Å². The second kappa shape index (κ2) is 9.30. The molecule has 2 atom stereocenters. The van der Waals surface area contributed by atoms with E-state index in [1.807, 2.05) is 43.3 Å². The summed E-state index contributed by atoms with van der Waals surface area (Å²) in [7, 11) is 0. The van der Waals surface area contributed by atoms with E-state index in [-0.39, 0.29) is 30.3 Å². The van der Waals surface area contributed by atoms with Gasteiger partial charge in [-0.3, -0.25) is 4.79 Å². The molecule has 6 heteroatoms. The maximum Gasteiger partial charge on any atom is 0.224 e. The molecule has 2 rings (SSSR count). The molecule has 22 heavy (non-hydrogen) atoms. The number of amides is 1. The van der Waals surface area contributed by atoms with Gasteiger partial charge in [0, 0.05) is 17.5 Å². The quantitative estimate of drug-likeness (QED) is 0.768. The molecule has 0 aliphatic rings. The third-order valence-electron chi connectivity index (χ3n) is 3.44. The molecule has 120 valence electrons. The Balaban J connectivity index is 0.00000242. The molecule has 1 heterocycles. The summed E-state index contributed by atoms with van der Waals surface area (Å²) >= 11 is 5.13. The minimum absolute atomic E-state index is 0. The minimum Gasteiger partial charge on any atom is -0.355 e. The molecule has 0 aliphatic heterocycles. The first-order chi connectivity index (χ1) is 10.1. The molecule has 1 aromatic carbocycles. The largest absolute Gasteiger partial charge is 0.355 e. The van der Waals surface area contributed by atoms with Gasteiger partial charge in [-0.05, 0) is 40.0 Å². The summed E-state index contributed by atoms with van der Waals surface area (Å²) in [4.78, 5) is 13.4. The lowest BCUT2D eigenvalue weighted by molar-refractivity contribution is -0.125. The SMILES string of the molecule is CC(C(=O)NCCc1ccc(Br)s1)C(N)c1ccccc1.Cl. The van der Waals surface area contributed by atoms with Crippen molar-refractivity contribution >= 4 is 45.6 Å². The molecule has 0 saturated carbocycles. The molecular formula is C16H20BrClN2OS. The van der Waals surface area contributed by atoms with Gasteiger partial charge >= 0.3 is 0 Å². The van der Waals surface area contributed by atoms with Crippen LogP contribution < -0.4 is 11.1 Å². The lowest BCUT2D eigenvalue weighted by atomic mass is 9.95. The van der Waals surface area contributed by atoms with Crippen LogP contribution >= 0.6 is 39.7 Å². The van der Waals surface area contributed by atoms with E-state index in [0.717, 1.165) is 15.8 Å². The number of nitrogens with two attached hydrogens (primary N) is 1. The van der Waals surface area contributed by atoms with Crippen LogP contribution in [-0.4, -0.2) is 12.5 Å². The monoisotopic (exact) mass is 402 g/mol. The summed E-state index contributed by atoms with van der Waals surface area (Å²) < 4.78 is 1.11. The first kappa shape index (κ1) is 19.2. The molecule has 0 radical (unpaired) electrons. The number of carbonyl (C=O) groups is 1. The van der Waals surface area contributed by atoms with Gasteiger partial charge in [0.05, 0.1) is 9.70 Å². The number of halogens is 2. The molecule has 1 aromatic heterocycles. The van der Waals surface area contributed by atoms with Crippen molar-refractivity contribution in [1.29, 1.82) is 0 Å². The lowest BCUT2D eigenvalue weighted by Gasteiger charge is -2.19.